The summed E-state index contributed by atoms with van der Waals surface area (Å²) in [4.78, 5) is 0.677. The van der Waals surface area contributed by atoms with Crippen molar-refractivity contribution in [2.24, 2.45) is 0 Å². The van der Waals surface area contributed by atoms with E-state index in [1.165, 1.54) is 0 Å². The third-order valence-electron chi connectivity index (χ3n) is 0.490. The van der Waals surface area contributed by atoms with Gasteiger partial charge in [-0.25, -0.2) is 0 Å². The molecular weight excluding hydrogens is 115 g/mol. The van der Waals surface area contributed by atoms with Crippen molar-refractivity contribution in [3.63, 3.8) is 0 Å². The lowest BCUT2D eigenvalue weighted by Crippen LogP contribution is -1.67. The predicted octanol–water partition coefficient (Wildman–Crippen LogP) is 1.67. The van der Waals surface area contributed by atoms with E-state index in [2.05, 4.69) is 25.8 Å². The van der Waals surface area contributed by atoms with Gasteiger partial charge in [-0.15, -0.1) is 24.7 Å². The molecule has 8 heavy (non-hydrogen) atoms. The Bertz CT molecular complexity index is 119. The minimum Gasteiger partial charge on any atom is -0.144 e. The summed E-state index contributed by atoms with van der Waals surface area (Å²) in [5, 5.41) is 0. The van der Waals surface area contributed by atoms with E-state index in [4.69, 9.17) is 7.85 Å². The molecule has 0 heterocycles. The van der Waals surface area contributed by atoms with Crippen LogP contribution in [0.3, 0.4) is 0 Å². The van der Waals surface area contributed by atoms with Gasteiger partial charge in [0.15, 0.2) is 0 Å². The maximum Gasteiger partial charge on any atom is 0.112 e. The first-order valence-electron chi connectivity index (χ1n) is 2.13. The Morgan fingerprint density at radius 1 is 1.38 bits per heavy atom. The van der Waals surface area contributed by atoms with Gasteiger partial charge in [-0.2, -0.15) is 0 Å². The van der Waals surface area contributed by atoms with E-state index in [1.807, 2.05) is 0 Å². The Balaban J connectivity index is 3.67. The van der Waals surface area contributed by atoms with Crippen molar-refractivity contribution >= 4 is 20.5 Å². The molecule has 0 unspecified atom stereocenters. The topological polar surface area (TPSA) is 0 Å². The van der Waals surface area contributed by atoms with Crippen LogP contribution in [-0.2, 0) is 0 Å². The first-order valence-corrected chi connectivity index (χ1v) is 2.58. The molecule has 0 aliphatic rings. The molecule has 0 atom stereocenters. The highest BCUT2D eigenvalue weighted by Crippen LogP contribution is 1.98. The van der Waals surface area contributed by atoms with Crippen molar-refractivity contribution in [3.8, 4) is 0 Å². The zero-order valence-corrected chi connectivity index (χ0v) is 5.49. The van der Waals surface area contributed by atoms with Gasteiger partial charge in [0.2, 0.25) is 0 Å². The van der Waals surface area contributed by atoms with Crippen molar-refractivity contribution in [2.75, 3.05) is 0 Å². The van der Waals surface area contributed by atoms with Gasteiger partial charge < -0.3 is 0 Å². The molecule has 0 fully saturated rings. The van der Waals surface area contributed by atoms with Crippen LogP contribution >= 0.6 is 12.6 Å². The van der Waals surface area contributed by atoms with Crippen molar-refractivity contribution < 1.29 is 0 Å². The van der Waals surface area contributed by atoms with Crippen LogP contribution in [-0.4, -0.2) is 7.85 Å². The lowest BCUT2D eigenvalue weighted by atomic mass is 9.98. The normalized spacial score (nSPS) is 9.62. The molecule has 2 heteroatoms. The first kappa shape index (κ1) is 7.63. The summed E-state index contributed by atoms with van der Waals surface area (Å²) in [7, 11) is 5.18. The molecule has 0 aliphatic heterocycles. The zero-order valence-electron chi connectivity index (χ0n) is 4.59. The molecule has 0 bridgehead atoms. The fourth-order valence-electron chi connectivity index (χ4n) is 0.203. The standard InChI is InChI=1S/C6H7BS/c1-5(7)3-4-6(2)8/h3-4,8H,1-2H2/b4-3-. The van der Waals surface area contributed by atoms with Crippen LogP contribution in [0.4, 0.5) is 0 Å². The van der Waals surface area contributed by atoms with E-state index in [1.54, 1.807) is 12.2 Å². The summed E-state index contributed by atoms with van der Waals surface area (Å²) in [5.41, 5.74) is 0.514. The SMILES string of the molecule is [B]C(=C)/C=C\C(=C)S. The maximum absolute atomic E-state index is 5.18. The summed E-state index contributed by atoms with van der Waals surface area (Å²) in [6.45, 7) is 6.95. The largest absolute Gasteiger partial charge is 0.144 e. The zero-order chi connectivity index (χ0) is 6.57. The summed E-state index contributed by atoms with van der Waals surface area (Å²) in [6.07, 6.45) is 3.33. The Labute approximate surface area is 56.8 Å². The number of thiol groups is 1. The second-order valence-corrected chi connectivity index (χ2v) is 1.97. The average Bonchev–Trinajstić information content (AvgIpc) is 1.61. The van der Waals surface area contributed by atoms with E-state index in [0.29, 0.717) is 10.4 Å². The monoisotopic (exact) mass is 122 g/mol. The Kier molecular flexibility index (Phi) is 3.45. The lowest BCUT2D eigenvalue weighted by Gasteiger charge is -1.83. The molecule has 0 saturated heterocycles. The van der Waals surface area contributed by atoms with Crippen LogP contribution in [0, 0.1) is 0 Å². The smallest absolute Gasteiger partial charge is 0.112 e. The lowest BCUT2D eigenvalue weighted by molar-refractivity contribution is 1.89. The van der Waals surface area contributed by atoms with E-state index < -0.39 is 0 Å². The van der Waals surface area contributed by atoms with Crippen LogP contribution in [0.25, 0.3) is 0 Å². The minimum atomic E-state index is 0.514. The van der Waals surface area contributed by atoms with Gasteiger partial charge in [-0.3, -0.25) is 0 Å². The Morgan fingerprint density at radius 2 is 1.88 bits per heavy atom. The fourth-order valence-corrected chi connectivity index (χ4v) is 0.278. The van der Waals surface area contributed by atoms with Crippen molar-refractivity contribution in [2.45, 2.75) is 0 Å². The van der Waals surface area contributed by atoms with E-state index in [0.717, 1.165) is 0 Å². The highest BCUT2D eigenvalue weighted by Gasteiger charge is 1.73. The van der Waals surface area contributed by atoms with Crippen molar-refractivity contribution in [3.05, 3.63) is 35.7 Å². The number of rotatable bonds is 2. The fraction of sp³-hybridized carbons (Fsp3) is 0. The summed E-state index contributed by atoms with van der Waals surface area (Å²) in [6, 6.07) is 0. The molecular formula is C6H7BS. The minimum absolute atomic E-state index is 0.514. The molecule has 0 rings (SSSR count). The van der Waals surface area contributed by atoms with Gasteiger partial charge in [-0.1, -0.05) is 18.7 Å². The number of hydrogen-bond acceptors (Lipinski definition) is 1. The molecule has 0 aromatic rings. The van der Waals surface area contributed by atoms with Crippen LogP contribution in [0.15, 0.2) is 35.7 Å². The quantitative estimate of drug-likeness (QED) is 0.321. The molecule has 0 aromatic carbocycles. The molecule has 0 amide bonds. The van der Waals surface area contributed by atoms with Gasteiger partial charge in [-0.05, 0) is 4.91 Å². The predicted molar refractivity (Wildman–Crippen MR) is 42.2 cm³/mol. The highest BCUT2D eigenvalue weighted by atomic mass is 32.1. The molecule has 0 spiro atoms. The molecule has 0 aliphatic carbocycles. The van der Waals surface area contributed by atoms with Crippen LogP contribution in [0.2, 0.25) is 0 Å². The molecule has 0 nitrogen and oxygen atoms in total. The number of hydrogen-bond donors (Lipinski definition) is 1. The second-order valence-electron chi connectivity index (χ2n) is 1.40. The number of allylic oxidation sites excluding steroid dienone is 3. The molecule has 2 radical (unpaired) electrons. The summed E-state index contributed by atoms with van der Waals surface area (Å²) >= 11 is 3.89. The third-order valence-corrected chi connectivity index (χ3v) is 0.639. The highest BCUT2D eigenvalue weighted by molar-refractivity contribution is 7.84. The van der Waals surface area contributed by atoms with Gasteiger partial charge in [0.05, 0.1) is 0 Å². The van der Waals surface area contributed by atoms with Gasteiger partial charge in [0, 0.05) is 0 Å². The molecule has 0 aromatic heterocycles. The Morgan fingerprint density at radius 3 is 2.00 bits per heavy atom. The van der Waals surface area contributed by atoms with Crippen LogP contribution in [0.5, 0.6) is 0 Å². The van der Waals surface area contributed by atoms with Gasteiger partial charge >= 0.3 is 0 Å². The van der Waals surface area contributed by atoms with E-state index in [9.17, 15) is 0 Å². The molecule has 40 valence electrons. The van der Waals surface area contributed by atoms with Crippen molar-refractivity contribution in [1.82, 2.24) is 0 Å². The van der Waals surface area contributed by atoms with Gasteiger partial charge in [0.1, 0.15) is 7.85 Å². The average molecular weight is 122 g/mol. The first-order chi connectivity index (χ1) is 3.63. The van der Waals surface area contributed by atoms with Crippen molar-refractivity contribution in [1.29, 1.82) is 0 Å². The van der Waals surface area contributed by atoms with Crippen LogP contribution in [0.1, 0.15) is 0 Å². The maximum atomic E-state index is 5.18. The second kappa shape index (κ2) is 3.61. The third kappa shape index (κ3) is 5.63. The van der Waals surface area contributed by atoms with Gasteiger partial charge in [0.25, 0.3) is 0 Å². The summed E-state index contributed by atoms with van der Waals surface area (Å²) < 4.78 is 0. The Hall–Kier alpha value is -0.365. The van der Waals surface area contributed by atoms with E-state index >= 15 is 0 Å². The van der Waals surface area contributed by atoms with Crippen LogP contribution < -0.4 is 0 Å². The summed E-state index contributed by atoms with van der Waals surface area (Å²) in [5.74, 6) is 0. The molecule has 0 saturated carbocycles. The molecule has 0 N–H and O–H groups in total. The van der Waals surface area contributed by atoms with E-state index in [-0.39, 0.29) is 0 Å².